The van der Waals surface area contributed by atoms with E-state index in [2.05, 4.69) is 9.80 Å². The third-order valence-electron chi connectivity index (χ3n) is 6.08. The number of hydrogen-bond acceptors (Lipinski definition) is 6. The average molecular weight is 411 g/mol. The summed E-state index contributed by atoms with van der Waals surface area (Å²) in [6.07, 6.45) is 0.801. The third kappa shape index (κ3) is 3.80. The molecule has 0 aromatic heterocycles. The number of anilines is 1. The molecule has 4 rings (SSSR count). The standard InChI is InChI=1S/C23H30N4O3/c1-24(2)10-15-27-22(29)18-6-3-5-17-20(8-7-19(21(17)18)23(27)30)26-13-11-25(12-14-26)9-4-16-28/h3,5-8,28H,4,9-16H2,1-2H3. The second kappa shape index (κ2) is 8.71. The van der Waals surface area contributed by atoms with Gasteiger partial charge >= 0.3 is 0 Å². The zero-order chi connectivity index (χ0) is 21.3. The van der Waals surface area contributed by atoms with Crippen LogP contribution in [0.15, 0.2) is 30.3 Å². The fourth-order valence-corrected chi connectivity index (χ4v) is 4.42. The SMILES string of the molecule is CN(C)CCN1C(=O)c2cccc3c(N4CCN(CCCO)CC4)ccc(c23)C1=O. The molecule has 30 heavy (non-hydrogen) atoms. The van der Waals surface area contributed by atoms with Gasteiger partial charge in [0.25, 0.3) is 11.8 Å². The smallest absolute Gasteiger partial charge is 0.261 e. The maximum atomic E-state index is 13.1. The summed E-state index contributed by atoms with van der Waals surface area (Å²) in [6, 6.07) is 9.69. The first kappa shape index (κ1) is 20.8. The van der Waals surface area contributed by atoms with Crippen molar-refractivity contribution in [3.8, 4) is 0 Å². The van der Waals surface area contributed by atoms with Crippen molar-refractivity contribution in [1.29, 1.82) is 0 Å². The molecular formula is C23H30N4O3. The second-order valence-electron chi connectivity index (χ2n) is 8.33. The van der Waals surface area contributed by atoms with E-state index in [4.69, 9.17) is 5.11 Å². The summed E-state index contributed by atoms with van der Waals surface area (Å²) in [5.74, 6) is -0.406. The Morgan fingerprint density at radius 3 is 2.30 bits per heavy atom. The van der Waals surface area contributed by atoms with Crippen LogP contribution in [0.5, 0.6) is 0 Å². The van der Waals surface area contributed by atoms with Crippen LogP contribution in [0.2, 0.25) is 0 Å². The number of carbonyl (C=O) groups is 2. The van der Waals surface area contributed by atoms with E-state index < -0.39 is 0 Å². The van der Waals surface area contributed by atoms with Crippen LogP contribution in [0.1, 0.15) is 27.1 Å². The van der Waals surface area contributed by atoms with Crippen LogP contribution in [0, 0.1) is 0 Å². The van der Waals surface area contributed by atoms with E-state index in [-0.39, 0.29) is 18.4 Å². The van der Waals surface area contributed by atoms with Crippen molar-refractivity contribution >= 4 is 28.3 Å². The quantitative estimate of drug-likeness (QED) is 0.698. The predicted molar refractivity (Wildman–Crippen MR) is 118 cm³/mol. The topological polar surface area (TPSA) is 67.3 Å². The van der Waals surface area contributed by atoms with Crippen LogP contribution in [0.25, 0.3) is 10.8 Å². The molecule has 2 aliphatic heterocycles. The van der Waals surface area contributed by atoms with Gasteiger partial charge in [0, 0.05) is 80.0 Å². The lowest BCUT2D eigenvalue weighted by Gasteiger charge is -2.37. The summed E-state index contributed by atoms with van der Waals surface area (Å²) in [7, 11) is 3.87. The predicted octanol–water partition coefficient (Wildman–Crippen LogP) is 1.50. The normalized spacial score (nSPS) is 17.5. The van der Waals surface area contributed by atoms with Crippen LogP contribution in [-0.4, -0.2) is 98.1 Å². The number of carbonyl (C=O) groups excluding carboxylic acids is 2. The number of piperazine rings is 1. The summed E-state index contributed by atoms with van der Waals surface area (Å²) >= 11 is 0. The molecule has 1 saturated heterocycles. The van der Waals surface area contributed by atoms with E-state index in [1.165, 1.54) is 4.90 Å². The van der Waals surface area contributed by atoms with Crippen LogP contribution in [0.4, 0.5) is 5.69 Å². The Kier molecular flexibility index (Phi) is 6.04. The monoisotopic (exact) mass is 410 g/mol. The average Bonchev–Trinajstić information content (AvgIpc) is 2.76. The highest BCUT2D eigenvalue weighted by Gasteiger charge is 2.33. The molecule has 7 nitrogen and oxygen atoms in total. The highest BCUT2D eigenvalue weighted by atomic mass is 16.3. The fraction of sp³-hybridized carbons (Fsp3) is 0.478. The summed E-state index contributed by atoms with van der Waals surface area (Å²) in [4.78, 5) is 34.3. The summed E-state index contributed by atoms with van der Waals surface area (Å²) < 4.78 is 0. The fourth-order valence-electron chi connectivity index (χ4n) is 4.42. The first-order valence-corrected chi connectivity index (χ1v) is 10.7. The maximum absolute atomic E-state index is 13.1. The number of hydrogen-bond donors (Lipinski definition) is 1. The highest BCUT2D eigenvalue weighted by molar-refractivity contribution is 6.26. The van der Waals surface area contributed by atoms with E-state index in [0.29, 0.717) is 24.2 Å². The van der Waals surface area contributed by atoms with E-state index in [1.807, 2.05) is 49.3 Å². The summed E-state index contributed by atoms with van der Waals surface area (Å²) in [6.45, 7) is 5.84. The molecule has 2 heterocycles. The van der Waals surface area contributed by atoms with Gasteiger partial charge in [0.05, 0.1) is 0 Å². The Balaban J connectivity index is 1.64. The van der Waals surface area contributed by atoms with E-state index >= 15 is 0 Å². The van der Waals surface area contributed by atoms with Gasteiger partial charge in [-0.2, -0.15) is 0 Å². The number of rotatable bonds is 7. The van der Waals surface area contributed by atoms with Crippen molar-refractivity contribution in [2.24, 2.45) is 0 Å². The first-order chi connectivity index (χ1) is 14.5. The van der Waals surface area contributed by atoms with E-state index in [1.54, 1.807) is 0 Å². The second-order valence-corrected chi connectivity index (χ2v) is 8.33. The van der Waals surface area contributed by atoms with Gasteiger partial charge in [-0.25, -0.2) is 0 Å². The van der Waals surface area contributed by atoms with Gasteiger partial charge in [0.15, 0.2) is 0 Å². The number of nitrogens with zero attached hydrogens (tertiary/aromatic N) is 4. The van der Waals surface area contributed by atoms with Gasteiger partial charge in [0.1, 0.15) is 0 Å². The minimum Gasteiger partial charge on any atom is -0.396 e. The van der Waals surface area contributed by atoms with Crippen LogP contribution >= 0.6 is 0 Å². The lowest BCUT2D eigenvalue weighted by atomic mass is 9.92. The molecule has 0 radical (unpaired) electrons. The molecule has 0 aliphatic carbocycles. The zero-order valence-electron chi connectivity index (χ0n) is 17.8. The third-order valence-corrected chi connectivity index (χ3v) is 6.08. The zero-order valence-corrected chi connectivity index (χ0v) is 17.8. The van der Waals surface area contributed by atoms with Gasteiger partial charge in [-0.15, -0.1) is 0 Å². The van der Waals surface area contributed by atoms with Crippen molar-refractivity contribution in [2.75, 3.05) is 71.4 Å². The van der Waals surface area contributed by atoms with Crippen molar-refractivity contribution in [2.45, 2.75) is 6.42 Å². The Morgan fingerprint density at radius 2 is 1.63 bits per heavy atom. The van der Waals surface area contributed by atoms with Crippen molar-refractivity contribution < 1.29 is 14.7 Å². The minimum absolute atomic E-state index is 0.203. The molecule has 0 saturated carbocycles. The largest absolute Gasteiger partial charge is 0.396 e. The van der Waals surface area contributed by atoms with Gasteiger partial charge in [0.2, 0.25) is 0 Å². The number of amides is 2. The summed E-state index contributed by atoms with van der Waals surface area (Å²) in [5.41, 5.74) is 2.31. The van der Waals surface area contributed by atoms with Gasteiger partial charge in [-0.1, -0.05) is 12.1 Å². The number of likely N-dealkylation sites (N-methyl/N-ethyl adjacent to an activating group) is 1. The molecule has 1 N–H and O–H groups in total. The molecule has 2 aliphatic rings. The molecule has 7 heteroatoms. The van der Waals surface area contributed by atoms with Crippen LogP contribution in [0.3, 0.4) is 0 Å². The van der Waals surface area contributed by atoms with Gasteiger partial charge in [-0.3, -0.25) is 19.4 Å². The van der Waals surface area contributed by atoms with Gasteiger partial charge < -0.3 is 14.9 Å². The maximum Gasteiger partial charge on any atom is 0.261 e. The summed E-state index contributed by atoms with van der Waals surface area (Å²) in [5, 5.41) is 10.8. The van der Waals surface area contributed by atoms with E-state index in [0.717, 1.165) is 55.6 Å². The Bertz CT molecular complexity index is 929. The number of imide groups is 1. The molecule has 2 amide bonds. The van der Waals surface area contributed by atoms with Crippen LogP contribution < -0.4 is 4.90 Å². The molecule has 2 aromatic rings. The number of benzene rings is 2. The lowest BCUT2D eigenvalue weighted by molar-refractivity contribution is 0.0601. The first-order valence-electron chi connectivity index (χ1n) is 10.7. The Labute approximate surface area is 177 Å². The van der Waals surface area contributed by atoms with E-state index in [9.17, 15) is 9.59 Å². The molecular weight excluding hydrogens is 380 g/mol. The molecule has 0 spiro atoms. The molecule has 1 fully saturated rings. The molecule has 0 bridgehead atoms. The van der Waals surface area contributed by atoms with Crippen molar-refractivity contribution in [1.82, 2.24) is 14.7 Å². The Hall–Kier alpha value is -2.48. The number of aliphatic hydroxyl groups excluding tert-OH is 1. The molecule has 2 aromatic carbocycles. The lowest BCUT2D eigenvalue weighted by Crippen LogP contribution is -2.47. The van der Waals surface area contributed by atoms with Gasteiger partial charge in [-0.05, 0) is 38.7 Å². The highest BCUT2D eigenvalue weighted by Crippen LogP contribution is 2.36. The molecule has 160 valence electrons. The van der Waals surface area contributed by atoms with Crippen molar-refractivity contribution in [3.63, 3.8) is 0 Å². The van der Waals surface area contributed by atoms with Crippen molar-refractivity contribution in [3.05, 3.63) is 41.5 Å². The number of aliphatic hydroxyl groups is 1. The minimum atomic E-state index is -0.203. The van der Waals surface area contributed by atoms with Crippen LogP contribution in [-0.2, 0) is 0 Å². The molecule has 0 atom stereocenters. The Morgan fingerprint density at radius 1 is 0.933 bits per heavy atom. The molecule has 0 unspecified atom stereocenters.